The summed E-state index contributed by atoms with van der Waals surface area (Å²) in [4.78, 5) is 12.5. The molecule has 1 heterocycles. The topological polar surface area (TPSA) is 73.1 Å². The van der Waals surface area contributed by atoms with Gasteiger partial charge in [0, 0.05) is 11.3 Å². The molecule has 1 aliphatic carbocycles. The lowest BCUT2D eigenvalue weighted by Crippen LogP contribution is -2.61. The largest absolute Gasteiger partial charge is 0.508 e. The molecule has 1 fully saturated rings. The summed E-state index contributed by atoms with van der Waals surface area (Å²) in [6, 6.07) is 4.95. The SMILES string of the molecule is C[C@@H]1CCC2=NN(C(=O)c3cccc(O)c3)[C@](O)(C(F)(F)F)[C@H]2C1. The van der Waals surface area contributed by atoms with Gasteiger partial charge in [-0.05, 0) is 43.4 Å². The summed E-state index contributed by atoms with van der Waals surface area (Å²) in [7, 11) is 0. The zero-order chi connectivity index (χ0) is 17.7. The quantitative estimate of drug-likeness (QED) is 0.824. The number of fused-ring (bicyclic) bond motifs is 1. The van der Waals surface area contributed by atoms with E-state index in [-0.39, 0.29) is 34.4 Å². The van der Waals surface area contributed by atoms with Gasteiger partial charge in [0.2, 0.25) is 0 Å². The Hall–Kier alpha value is -2.09. The first-order chi connectivity index (χ1) is 11.1. The van der Waals surface area contributed by atoms with Crippen LogP contribution < -0.4 is 0 Å². The van der Waals surface area contributed by atoms with Gasteiger partial charge >= 0.3 is 6.18 Å². The lowest BCUT2D eigenvalue weighted by molar-refractivity contribution is -0.313. The van der Waals surface area contributed by atoms with Crippen molar-refractivity contribution in [3.05, 3.63) is 29.8 Å². The van der Waals surface area contributed by atoms with E-state index in [0.29, 0.717) is 12.8 Å². The molecule has 1 amide bonds. The molecule has 5 nitrogen and oxygen atoms in total. The maximum Gasteiger partial charge on any atom is 0.439 e. The molecule has 3 rings (SSSR count). The van der Waals surface area contributed by atoms with Gasteiger partial charge in [0.25, 0.3) is 11.6 Å². The predicted molar refractivity (Wildman–Crippen MR) is 79.2 cm³/mol. The molecule has 1 saturated carbocycles. The van der Waals surface area contributed by atoms with Crippen LogP contribution in [0.1, 0.15) is 36.5 Å². The van der Waals surface area contributed by atoms with Gasteiger partial charge in [-0.3, -0.25) is 4.79 Å². The Balaban J connectivity index is 2.05. The van der Waals surface area contributed by atoms with Crippen molar-refractivity contribution < 1.29 is 28.2 Å². The number of halogens is 3. The molecule has 0 aromatic heterocycles. The monoisotopic (exact) mass is 342 g/mol. The van der Waals surface area contributed by atoms with Crippen molar-refractivity contribution in [3.63, 3.8) is 0 Å². The Bertz CT molecular complexity index is 704. The van der Waals surface area contributed by atoms with E-state index in [1.807, 2.05) is 6.92 Å². The highest BCUT2D eigenvalue weighted by Gasteiger charge is 2.68. The van der Waals surface area contributed by atoms with Gasteiger partial charge in [-0.1, -0.05) is 13.0 Å². The van der Waals surface area contributed by atoms with Crippen molar-refractivity contribution in [3.8, 4) is 5.75 Å². The second-order valence-electron chi connectivity index (χ2n) is 6.41. The van der Waals surface area contributed by atoms with Crippen LogP contribution in [0.3, 0.4) is 0 Å². The van der Waals surface area contributed by atoms with Crippen LogP contribution in [0, 0.1) is 11.8 Å². The van der Waals surface area contributed by atoms with Gasteiger partial charge in [0.05, 0.1) is 5.92 Å². The molecule has 130 valence electrons. The molecule has 1 aromatic rings. The highest BCUT2D eigenvalue weighted by atomic mass is 19.4. The van der Waals surface area contributed by atoms with Gasteiger partial charge in [-0.25, -0.2) is 0 Å². The van der Waals surface area contributed by atoms with Crippen LogP contribution in [0.5, 0.6) is 5.75 Å². The van der Waals surface area contributed by atoms with E-state index < -0.39 is 23.7 Å². The summed E-state index contributed by atoms with van der Waals surface area (Å²) in [5.74, 6) is -2.62. The summed E-state index contributed by atoms with van der Waals surface area (Å²) >= 11 is 0. The maximum absolute atomic E-state index is 13.7. The molecule has 0 radical (unpaired) electrons. The first-order valence-corrected chi connectivity index (χ1v) is 7.64. The lowest BCUT2D eigenvalue weighted by Gasteiger charge is -2.39. The lowest BCUT2D eigenvalue weighted by atomic mass is 9.76. The Labute approximate surface area is 136 Å². The number of hydrogen-bond donors (Lipinski definition) is 2. The zero-order valence-electron chi connectivity index (χ0n) is 12.9. The first-order valence-electron chi connectivity index (χ1n) is 7.64. The number of aliphatic hydroxyl groups is 1. The average molecular weight is 342 g/mol. The van der Waals surface area contributed by atoms with E-state index in [9.17, 15) is 28.2 Å². The third-order valence-electron chi connectivity index (χ3n) is 4.67. The van der Waals surface area contributed by atoms with E-state index in [4.69, 9.17) is 0 Å². The highest BCUT2D eigenvalue weighted by Crippen LogP contribution is 2.49. The number of phenols is 1. The fourth-order valence-electron chi connectivity index (χ4n) is 3.37. The molecule has 3 atom stereocenters. The van der Waals surface area contributed by atoms with Gasteiger partial charge in [0.15, 0.2) is 0 Å². The minimum absolute atomic E-state index is 0.00125. The van der Waals surface area contributed by atoms with E-state index >= 15 is 0 Å². The van der Waals surface area contributed by atoms with Crippen molar-refractivity contribution in [1.29, 1.82) is 0 Å². The Morgan fingerprint density at radius 2 is 2.12 bits per heavy atom. The molecule has 0 saturated heterocycles. The number of benzene rings is 1. The number of carbonyl (C=O) groups is 1. The van der Waals surface area contributed by atoms with Crippen molar-refractivity contribution in [1.82, 2.24) is 5.01 Å². The molecule has 1 aromatic carbocycles. The van der Waals surface area contributed by atoms with Crippen molar-refractivity contribution in [2.24, 2.45) is 16.9 Å². The van der Waals surface area contributed by atoms with Crippen LogP contribution in [0.25, 0.3) is 0 Å². The van der Waals surface area contributed by atoms with E-state index in [1.165, 1.54) is 18.2 Å². The standard InChI is InChI=1S/C16H17F3N2O3/c1-9-5-6-13-12(7-9)15(24,16(17,18)19)21(20-13)14(23)10-3-2-4-11(22)8-10/h2-4,8-9,12,22,24H,5-7H2,1H3/t9-,12+,15-/m1/s1. The average Bonchev–Trinajstić information content (AvgIpc) is 2.80. The van der Waals surface area contributed by atoms with Crippen LogP contribution in [0.15, 0.2) is 29.4 Å². The normalized spacial score (nSPS) is 30.0. The maximum atomic E-state index is 13.7. The van der Waals surface area contributed by atoms with E-state index in [0.717, 1.165) is 6.07 Å². The number of hydrazone groups is 1. The van der Waals surface area contributed by atoms with Crippen LogP contribution >= 0.6 is 0 Å². The molecular weight excluding hydrogens is 325 g/mol. The van der Waals surface area contributed by atoms with E-state index in [1.54, 1.807) is 0 Å². The summed E-state index contributed by atoms with van der Waals surface area (Å²) < 4.78 is 41.0. The number of alkyl halides is 3. The minimum Gasteiger partial charge on any atom is -0.508 e. The van der Waals surface area contributed by atoms with Crippen molar-refractivity contribution in [2.75, 3.05) is 0 Å². The summed E-state index contributed by atoms with van der Waals surface area (Å²) in [6.45, 7) is 1.81. The molecule has 2 N–H and O–H groups in total. The van der Waals surface area contributed by atoms with Crippen LogP contribution in [-0.4, -0.2) is 38.7 Å². The van der Waals surface area contributed by atoms with Crippen molar-refractivity contribution >= 4 is 11.6 Å². The molecule has 0 unspecified atom stereocenters. The third-order valence-corrected chi connectivity index (χ3v) is 4.67. The molecule has 0 bridgehead atoms. The third kappa shape index (κ3) is 2.45. The van der Waals surface area contributed by atoms with Gasteiger partial charge in [-0.2, -0.15) is 23.3 Å². The summed E-state index contributed by atoms with van der Waals surface area (Å²) in [5, 5.41) is 23.9. The number of nitrogens with zero attached hydrogens (tertiary/aromatic N) is 2. The summed E-state index contributed by atoms with van der Waals surface area (Å²) in [6.07, 6.45) is -3.96. The Kier molecular flexibility index (Phi) is 3.82. The number of carbonyl (C=O) groups excluding carboxylic acids is 1. The number of amides is 1. The molecule has 0 spiro atoms. The summed E-state index contributed by atoms with van der Waals surface area (Å²) in [5.41, 5.74) is -3.34. The second kappa shape index (κ2) is 5.47. The van der Waals surface area contributed by atoms with Crippen molar-refractivity contribution in [2.45, 2.75) is 38.1 Å². The molecule has 1 aliphatic heterocycles. The van der Waals surface area contributed by atoms with Crippen LogP contribution in [0.2, 0.25) is 0 Å². The van der Waals surface area contributed by atoms with Gasteiger partial charge in [-0.15, -0.1) is 0 Å². The zero-order valence-corrected chi connectivity index (χ0v) is 12.9. The van der Waals surface area contributed by atoms with Crippen LogP contribution in [0.4, 0.5) is 13.2 Å². The predicted octanol–water partition coefficient (Wildman–Crippen LogP) is 2.89. The fraction of sp³-hybridized carbons (Fsp3) is 0.500. The molecule has 24 heavy (non-hydrogen) atoms. The van der Waals surface area contributed by atoms with Gasteiger partial charge in [0.1, 0.15) is 5.75 Å². The van der Waals surface area contributed by atoms with E-state index in [2.05, 4.69) is 5.10 Å². The number of rotatable bonds is 1. The number of phenolic OH excluding ortho intramolecular Hbond substituents is 1. The first kappa shape index (κ1) is 16.8. The number of hydrogen-bond acceptors (Lipinski definition) is 4. The molecule has 2 aliphatic rings. The number of aromatic hydroxyl groups is 1. The Morgan fingerprint density at radius 1 is 1.42 bits per heavy atom. The second-order valence-corrected chi connectivity index (χ2v) is 6.41. The smallest absolute Gasteiger partial charge is 0.439 e. The van der Waals surface area contributed by atoms with Gasteiger partial charge < -0.3 is 10.2 Å². The Morgan fingerprint density at radius 3 is 2.75 bits per heavy atom. The highest BCUT2D eigenvalue weighted by molar-refractivity contribution is 5.99. The molecule has 8 heteroatoms. The van der Waals surface area contributed by atoms with Crippen LogP contribution in [-0.2, 0) is 0 Å². The fourth-order valence-corrected chi connectivity index (χ4v) is 3.37. The molecular formula is C16H17F3N2O3. The minimum atomic E-state index is -5.05.